The Morgan fingerprint density at radius 3 is 1.86 bits per heavy atom. The van der Waals surface area contributed by atoms with Crippen molar-refractivity contribution >= 4 is 0 Å². The van der Waals surface area contributed by atoms with Crippen LogP contribution in [0.3, 0.4) is 0 Å². The number of alkyl halides is 1. The van der Waals surface area contributed by atoms with Gasteiger partial charge in [-0.05, 0) is 54.7 Å². The van der Waals surface area contributed by atoms with E-state index in [1.165, 1.54) is 63.4 Å². The highest BCUT2D eigenvalue weighted by Crippen LogP contribution is 2.23. The summed E-state index contributed by atoms with van der Waals surface area (Å²) in [6.07, 6.45) is 17.6. The van der Waals surface area contributed by atoms with E-state index >= 15 is 0 Å². The van der Waals surface area contributed by atoms with Gasteiger partial charge >= 0.3 is 0 Å². The van der Waals surface area contributed by atoms with Crippen molar-refractivity contribution in [2.24, 2.45) is 0 Å². The van der Waals surface area contributed by atoms with Crippen molar-refractivity contribution in [3.63, 3.8) is 0 Å². The number of aromatic nitrogens is 2. The Morgan fingerprint density at radius 2 is 1.25 bits per heavy atom. The van der Waals surface area contributed by atoms with E-state index in [1.807, 2.05) is 43.6 Å². The highest BCUT2D eigenvalue weighted by atomic mass is 19.1. The lowest BCUT2D eigenvalue weighted by molar-refractivity contribution is 0.186. The number of nitrogens with zero attached hydrogens (tertiary/aromatic N) is 2. The van der Waals surface area contributed by atoms with Crippen LogP contribution in [-0.2, 0) is 6.42 Å². The molecule has 1 unspecified atom stereocenters. The van der Waals surface area contributed by atoms with Gasteiger partial charge in [0.2, 0.25) is 0 Å². The van der Waals surface area contributed by atoms with Gasteiger partial charge in [0.25, 0.3) is 0 Å². The molecule has 1 heterocycles. The number of halogens is 1. The predicted octanol–water partition coefficient (Wildman–Crippen LogP) is 9.40. The molecular formula is C32H43FN2O. The van der Waals surface area contributed by atoms with Crippen molar-refractivity contribution < 1.29 is 9.13 Å². The molecule has 1 atom stereocenters. The molecule has 0 aliphatic rings. The van der Waals surface area contributed by atoms with Gasteiger partial charge in [-0.1, -0.05) is 95.9 Å². The molecule has 4 heteroatoms. The minimum atomic E-state index is -0.922. The molecule has 36 heavy (non-hydrogen) atoms. The van der Waals surface area contributed by atoms with E-state index in [2.05, 4.69) is 41.2 Å². The molecular weight excluding hydrogens is 447 g/mol. The Morgan fingerprint density at radius 1 is 0.667 bits per heavy atom. The third-order valence-electron chi connectivity index (χ3n) is 6.65. The first-order valence-corrected chi connectivity index (χ1v) is 14.0. The fraction of sp³-hybridized carbons (Fsp3) is 0.500. The van der Waals surface area contributed by atoms with Crippen molar-refractivity contribution in [2.75, 3.05) is 6.61 Å². The quantitative estimate of drug-likeness (QED) is 0.177. The maximum Gasteiger partial charge on any atom is 0.159 e. The highest BCUT2D eigenvalue weighted by Gasteiger charge is 2.07. The molecule has 0 bridgehead atoms. The summed E-state index contributed by atoms with van der Waals surface area (Å²) in [4.78, 5) is 9.13. The first kappa shape index (κ1) is 27.8. The Kier molecular flexibility index (Phi) is 12.4. The largest absolute Gasteiger partial charge is 0.491 e. The summed E-state index contributed by atoms with van der Waals surface area (Å²) in [5, 5.41) is 0. The van der Waals surface area contributed by atoms with Crippen LogP contribution in [-0.4, -0.2) is 22.7 Å². The lowest BCUT2D eigenvalue weighted by Crippen LogP contribution is -2.12. The van der Waals surface area contributed by atoms with Crippen molar-refractivity contribution in [1.82, 2.24) is 9.97 Å². The molecule has 1 aromatic heterocycles. The van der Waals surface area contributed by atoms with Gasteiger partial charge in [0.15, 0.2) is 5.82 Å². The minimum Gasteiger partial charge on any atom is -0.491 e. The Bertz CT molecular complexity index is 971. The van der Waals surface area contributed by atoms with Crippen LogP contribution in [0.25, 0.3) is 22.5 Å². The summed E-state index contributed by atoms with van der Waals surface area (Å²) in [7, 11) is 0. The molecule has 0 radical (unpaired) electrons. The van der Waals surface area contributed by atoms with E-state index in [0.29, 0.717) is 18.0 Å². The summed E-state index contributed by atoms with van der Waals surface area (Å²) in [6, 6.07) is 16.3. The number of rotatable bonds is 17. The zero-order valence-electron chi connectivity index (χ0n) is 22.2. The molecule has 0 saturated heterocycles. The van der Waals surface area contributed by atoms with Crippen molar-refractivity contribution in [3.8, 4) is 28.3 Å². The molecule has 3 nitrogen and oxygen atoms in total. The van der Waals surface area contributed by atoms with Crippen LogP contribution in [0.1, 0.15) is 90.0 Å². The zero-order valence-corrected chi connectivity index (χ0v) is 22.2. The third-order valence-corrected chi connectivity index (χ3v) is 6.65. The molecule has 194 valence electrons. The van der Waals surface area contributed by atoms with Gasteiger partial charge in [0, 0.05) is 23.5 Å². The van der Waals surface area contributed by atoms with Crippen molar-refractivity contribution in [1.29, 1.82) is 0 Å². The van der Waals surface area contributed by atoms with Crippen LogP contribution in [0.2, 0.25) is 0 Å². The van der Waals surface area contributed by atoms with Gasteiger partial charge in [0.1, 0.15) is 18.5 Å². The Hall–Kier alpha value is -2.75. The number of ether oxygens (including phenoxy) is 1. The van der Waals surface area contributed by atoms with E-state index in [4.69, 9.17) is 4.74 Å². The minimum absolute atomic E-state index is 0.0936. The summed E-state index contributed by atoms with van der Waals surface area (Å²) < 4.78 is 19.2. The smallest absolute Gasteiger partial charge is 0.159 e. The second-order valence-electron chi connectivity index (χ2n) is 9.79. The first-order chi connectivity index (χ1) is 17.7. The predicted molar refractivity (Wildman–Crippen MR) is 149 cm³/mol. The number of benzene rings is 2. The first-order valence-electron chi connectivity index (χ1n) is 14.0. The normalized spacial score (nSPS) is 12.0. The highest BCUT2D eigenvalue weighted by molar-refractivity contribution is 5.64. The fourth-order valence-corrected chi connectivity index (χ4v) is 4.41. The summed E-state index contributed by atoms with van der Waals surface area (Å²) >= 11 is 0. The Labute approximate surface area is 217 Å². The maximum atomic E-state index is 13.6. The number of aryl methyl sites for hydroxylation is 1. The summed E-state index contributed by atoms with van der Waals surface area (Å²) in [5.41, 5.74) is 4.46. The van der Waals surface area contributed by atoms with Gasteiger partial charge in [-0.3, -0.25) is 0 Å². The van der Waals surface area contributed by atoms with E-state index in [-0.39, 0.29) is 6.61 Å². The number of hydrogen-bond acceptors (Lipinski definition) is 3. The lowest BCUT2D eigenvalue weighted by atomic mass is 10.0. The molecule has 0 amide bonds. The van der Waals surface area contributed by atoms with Crippen LogP contribution < -0.4 is 4.74 Å². The van der Waals surface area contributed by atoms with Gasteiger partial charge in [-0.15, -0.1) is 0 Å². The average Bonchev–Trinajstić information content (AvgIpc) is 2.92. The zero-order chi connectivity index (χ0) is 25.4. The van der Waals surface area contributed by atoms with Gasteiger partial charge in [-0.25, -0.2) is 14.4 Å². The molecule has 0 aliphatic carbocycles. The summed E-state index contributed by atoms with van der Waals surface area (Å²) in [6.45, 7) is 4.34. The van der Waals surface area contributed by atoms with Crippen LogP contribution in [0.5, 0.6) is 5.75 Å². The maximum absolute atomic E-state index is 13.6. The van der Waals surface area contributed by atoms with Crippen molar-refractivity contribution in [2.45, 2.75) is 97.1 Å². The van der Waals surface area contributed by atoms with Gasteiger partial charge in [-0.2, -0.15) is 0 Å². The molecule has 3 aromatic rings. The molecule has 0 spiro atoms. The second-order valence-corrected chi connectivity index (χ2v) is 9.79. The standard InChI is InChI=1S/C32H43FN2O/c1-3-5-6-7-8-9-10-11-12-14-26-15-17-27(18-16-26)29-23-34-32(35-24-29)28-19-21-31(22-20-28)36-25-30(33)13-4-2/h15-24,30H,3-14,25H2,1-2H3. The second kappa shape index (κ2) is 16.1. The molecule has 0 N–H and O–H groups in total. The monoisotopic (exact) mass is 490 g/mol. The van der Waals surface area contributed by atoms with E-state index < -0.39 is 6.17 Å². The molecule has 0 fully saturated rings. The van der Waals surface area contributed by atoms with Crippen LogP contribution in [0, 0.1) is 0 Å². The SMILES string of the molecule is CCCCCCCCCCCc1ccc(-c2cnc(-c3ccc(OCC(F)CCC)cc3)nc2)cc1. The summed E-state index contributed by atoms with van der Waals surface area (Å²) in [5.74, 6) is 1.33. The average molecular weight is 491 g/mol. The lowest BCUT2D eigenvalue weighted by Gasteiger charge is -2.10. The number of hydrogen-bond donors (Lipinski definition) is 0. The van der Waals surface area contributed by atoms with E-state index in [9.17, 15) is 4.39 Å². The molecule has 0 saturated carbocycles. The van der Waals surface area contributed by atoms with E-state index in [0.717, 1.165) is 29.5 Å². The van der Waals surface area contributed by atoms with Crippen molar-refractivity contribution in [3.05, 3.63) is 66.5 Å². The topological polar surface area (TPSA) is 35.0 Å². The number of unbranched alkanes of at least 4 members (excludes halogenated alkanes) is 8. The van der Waals surface area contributed by atoms with Crippen LogP contribution in [0.4, 0.5) is 4.39 Å². The Balaban J connectivity index is 1.42. The van der Waals surface area contributed by atoms with Crippen LogP contribution >= 0.6 is 0 Å². The third kappa shape index (κ3) is 9.72. The van der Waals surface area contributed by atoms with Gasteiger partial charge < -0.3 is 4.74 Å². The van der Waals surface area contributed by atoms with E-state index in [1.54, 1.807) is 0 Å². The molecule has 3 rings (SSSR count). The van der Waals surface area contributed by atoms with Gasteiger partial charge in [0.05, 0.1) is 0 Å². The molecule has 2 aromatic carbocycles. The fourth-order valence-electron chi connectivity index (χ4n) is 4.41. The van der Waals surface area contributed by atoms with Crippen LogP contribution in [0.15, 0.2) is 60.9 Å². The molecule has 0 aliphatic heterocycles.